The van der Waals surface area contributed by atoms with E-state index in [1.165, 1.54) is 12.1 Å². The number of fused-ring (bicyclic) bond motifs is 1. The number of rotatable bonds is 4. The number of furan rings is 1. The fraction of sp³-hybridized carbons (Fsp3) is 0.208. The third-order valence-corrected chi connectivity index (χ3v) is 5.91. The lowest BCUT2D eigenvalue weighted by atomic mass is 9.93. The number of alkyl halides is 3. The summed E-state index contributed by atoms with van der Waals surface area (Å²) in [5, 5.41) is 6.73. The third kappa shape index (κ3) is 5.06. The zero-order valence-corrected chi connectivity index (χ0v) is 19.5. The molecule has 0 bridgehead atoms. The fourth-order valence-electron chi connectivity index (χ4n) is 3.74. The number of carbonyl (C=O) groups excluding carboxylic acids is 2. The van der Waals surface area contributed by atoms with Crippen molar-refractivity contribution in [3.8, 4) is 0 Å². The lowest BCUT2D eigenvalue weighted by Gasteiger charge is -2.13. The lowest BCUT2D eigenvalue weighted by Crippen LogP contribution is -2.22. The number of hydrazone groups is 1. The van der Waals surface area contributed by atoms with Gasteiger partial charge in [0.15, 0.2) is 5.76 Å². The number of hydrogen-bond acceptors (Lipinski definition) is 4. The summed E-state index contributed by atoms with van der Waals surface area (Å²) < 4.78 is 45.5. The Balaban J connectivity index is 1.55. The van der Waals surface area contributed by atoms with Gasteiger partial charge in [-0.3, -0.25) is 9.59 Å². The number of benzene rings is 2. The molecule has 34 heavy (non-hydrogen) atoms. The van der Waals surface area contributed by atoms with E-state index in [1.54, 1.807) is 31.2 Å². The summed E-state index contributed by atoms with van der Waals surface area (Å²) in [6.45, 7) is 1.68. The second kappa shape index (κ2) is 9.46. The molecule has 10 heteroatoms. The average molecular weight is 534 g/mol. The summed E-state index contributed by atoms with van der Waals surface area (Å²) in [6, 6.07) is 11.2. The van der Waals surface area contributed by atoms with Crippen LogP contribution in [-0.4, -0.2) is 17.5 Å². The molecule has 0 fully saturated rings. The minimum atomic E-state index is -4.52. The molecule has 2 aromatic carbocycles. The molecular weight excluding hydrogens is 515 g/mol. The first kappa shape index (κ1) is 23.7. The first-order valence-electron chi connectivity index (χ1n) is 10.4. The summed E-state index contributed by atoms with van der Waals surface area (Å²) in [6.07, 6.45) is -2.66. The van der Waals surface area contributed by atoms with Crippen LogP contribution >= 0.6 is 15.9 Å². The number of carbonyl (C=O) groups is 2. The molecular formula is C24H19BrF3N3O3. The molecule has 0 spiro atoms. The van der Waals surface area contributed by atoms with Gasteiger partial charge in [-0.1, -0.05) is 22.0 Å². The van der Waals surface area contributed by atoms with E-state index in [0.29, 0.717) is 47.4 Å². The summed E-state index contributed by atoms with van der Waals surface area (Å²) in [5.41, 5.74) is 3.84. The number of nitrogens with one attached hydrogen (secondary N) is 2. The minimum Gasteiger partial charge on any atom is -0.455 e. The maximum Gasteiger partial charge on any atom is 0.416 e. The van der Waals surface area contributed by atoms with Gasteiger partial charge in [0, 0.05) is 33.3 Å². The van der Waals surface area contributed by atoms with E-state index in [0.717, 1.165) is 16.6 Å². The number of aryl methyl sites for hydroxylation is 1. The Labute approximate surface area is 201 Å². The average Bonchev–Trinajstić information content (AvgIpc) is 3.15. The van der Waals surface area contributed by atoms with Crippen molar-refractivity contribution < 1.29 is 27.2 Å². The first-order valence-corrected chi connectivity index (χ1v) is 11.2. The van der Waals surface area contributed by atoms with Crippen LogP contribution in [0.15, 0.2) is 62.5 Å². The standard InChI is InChI=1S/C24H19BrF3N3O3/c1-13-20-18(30-31-22(32)14-8-10-16(25)11-9-14)6-3-7-19(20)34-21(13)23(33)29-17-5-2-4-15(12-17)24(26,27)28/h2,4-5,8-12H,3,6-7H2,1H3,(H,29,33)(H,31,32)/b30-18+. The van der Waals surface area contributed by atoms with E-state index >= 15 is 0 Å². The number of anilines is 1. The maximum atomic E-state index is 13.0. The number of hydrogen-bond donors (Lipinski definition) is 2. The van der Waals surface area contributed by atoms with Crippen molar-refractivity contribution in [1.29, 1.82) is 0 Å². The molecule has 6 nitrogen and oxygen atoms in total. The summed E-state index contributed by atoms with van der Waals surface area (Å²) in [5.74, 6) is -0.494. The highest BCUT2D eigenvalue weighted by Crippen LogP contribution is 2.32. The number of amides is 2. The zero-order chi connectivity index (χ0) is 24.5. The van der Waals surface area contributed by atoms with Gasteiger partial charge in [-0.2, -0.15) is 18.3 Å². The Hall–Kier alpha value is -3.40. The Morgan fingerprint density at radius 1 is 1.06 bits per heavy atom. The van der Waals surface area contributed by atoms with E-state index < -0.39 is 17.6 Å². The van der Waals surface area contributed by atoms with Crippen LogP contribution in [-0.2, 0) is 12.6 Å². The SMILES string of the molecule is Cc1c(C(=O)Nc2cccc(C(F)(F)F)c2)oc2c1/C(=N/NC(=O)c1ccc(Br)cc1)CCC2. The summed E-state index contributed by atoms with van der Waals surface area (Å²) in [4.78, 5) is 25.2. The van der Waals surface area contributed by atoms with Crippen molar-refractivity contribution >= 4 is 39.1 Å². The molecule has 3 aromatic rings. The summed E-state index contributed by atoms with van der Waals surface area (Å²) in [7, 11) is 0. The van der Waals surface area contributed by atoms with Crippen molar-refractivity contribution in [1.82, 2.24) is 5.43 Å². The largest absolute Gasteiger partial charge is 0.455 e. The van der Waals surface area contributed by atoms with E-state index in [9.17, 15) is 22.8 Å². The first-order chi connectivity index (χ1) is 16.1. The molecule has 1 aliphatic carbocycles. The second-order valence-corrected chi connectivity index (χ2v) is 8.66. The predicted octanol–water partition coefficient (Wildman–Crippen LogP) is 6.09. The van der Waals surface area contributed by atoms with Gasteiger partial charge in [-0.15, -0.1) is 0 Å². The van der Waals surface area contributed by atoms with Gasteiger partial charge in [0.1, 0.15) is 5.76 Å². The van der Waals surface area contributed by atoms with Gasteiger partial charge in [0.2, 0.25) is 0 Å². The van der Waals surface area contributed by atoms with Crippen LogP contribution in [0, 0.1) is 6.92 Å². The molecule has 176 valence electrons. The van der Waals surface area contributed by atoms with Crippen LogP contribution in [0.2, 0.25) is 0 Å². The van der Waals surface area contributed by atoms with E-state index in [-0.39, 0.29) is 17.4 Å². The molecule has 2 N–H and O–H groups in total. The Bertz CT molecular complexity index is 1280. The van der Waals surface area contributed by atoms with Gasteiger partial charge in [-0.05, 0) is 62.2 Å². The molecule has 0 atom stereocenters. The van der Waals surface area contributed by atoms with E-state index in [2.05, 4.69) is 31.8 Å². The van der Waals surface area contributed by atoms with Crippen molar-refractivity contribution in [3.05, 3.63) is 86.8 Å². The van der Waals surface area contributed by atoms with Gasteiger partial charge in [0.05, 0.1) is 11.3 Å². The second-order valence-electron chi connectivity index (χ2n) is 7.75. The van der Waals surface area contributed by atoms with Gasteiger partial charge in [0.25, 0.3) is 11.8 Å². The quantitative estimate of drug-likeness (QED) is 0.398. The Kier molecular flexibility index (Phi) is 6.60. The molecule has 0 radical (unpaired) electrons. The van der Waals surface area contributed by atoms with Crippen LogP contribution in [0.3, 0.4) is 0 Å². The molecule has 2 amide bonds. The smallest absolute Gasteiger partial charge is 0.416 e. The molecule has 1 aromatic heterocycles. The van der Waals surface area contributed by atoms with Crippen molar-refractivity contribution in [2.45, 2.75) is 32.4 Å². The zero-order valence-electron chi connectivity index (χ0n) is 17.9. The molecule has 1 aliphatic rings. The van der Waals surface area contributed by atoms with Gasteiger partial charge < -0.3 is 9.73 Å². The molecule has 0 aliphatic heterocycles. The van der Waals surface area contributed by atoms with Crippen LogP contribution < -0.4 is 10.7 Å². The summed E-state index contributed by atoms with van der Waals surface area (Å²) >= 11 is 3.32. The predicted molar refractivity (Wildman–Crippen MR) is 124 cm³/mol. The highest BCUT2D eigenvalue weighted by molar-refractivity contribution is 9.10. The molecule has 0 unspecified atom stereocenters. The molecule has 0 saturated heterocycles. The number of halogens is 4. The minimum absolute atomic E-state index is 0.00347. The van der Waals surface area contributed by atoms with Crippen LogP contribution in [0.4, 0.5) is 18.9 Å². The fourth-order valence-corrected chi connectivity index (χ4v) is 4.01. The van der Waals surface area contributed by atoms with Crippen LogP contribution in [0.1, 0.15) is 56.2 Å². The van der Waals surface area contributed by atoms with Gasteiger partial charge >= 0.3 is 6.18 Å². The third-order valence-electron chi connectivity index (χ3n) is 5.38. The monoisotopic (exact) mass is 533 g/mol. The normalized spacial score (nSPS) is 14.6. The molecule has 1 heterocycles. The highest BCUT2D eigenvalue weighted by Gasteiger charge is 2.31. The molecule has 4 rings (SSSR count). The van der Waals surface area contributed by atoms with E-state index in [1.807, 2.05) is 0 Å². The molecule has 0 saturated carbocycles. The Morgan fingerprint density at radius 2 is 1.79 bits per heavy atom. The topological polar surface area (TPSA) is 83.7 Å². The highest BCUT2D eigenvalue weighted by atomic mass is 79.9. The maximum absolute atomic E-state index is 13.0. The van der Waals surface area contributed by atoms with Crippen LogP contribution in [0.5, 0.6) is 0 Å². The van der Waals surface area contributed by atoms with Gasteiger partial charge in [-0.25, -0.2) is 5.43 Å². The van der Waals surface area contributed by atoms with Crippen molar-refractivity contribution in [2.75, 3.05) is 5.32 Å². The Morgan fingerprint density at radius 3 is 2.50 bits per heavy atom. The number of nitrogens with zero attached hydrogens (tertiary/aromatic N) is 1. The lowest BCUT2D eigenvalue weighted by molar-refractivity contribution is -0.137. The van der Waals surface area contributed by atoms with Crippen LogP contribution in [0.25, 0.3) is 0 Å². The van der Waals surface area contributed by atoms with E-state index in [4.69, 9.17) is 4.42 Å². The van der Waals surface area contributed by atoms with Crippen molar-refractivity contribution in [2.24, 2.45) is 5.10 Å². The van der Waals surface area contributed by atoms with Crippen molar-refractivity contribution in [3.63, 3.8) is 0 Å².